The number of nitrogens with zero attached hydrogens (tertiary/aromatic N) is 3. The van der Waals surface area contributed by atoms with Gasteiger partial charge in [0.25, 0.3) is 0 Å². The van der Waals surface area contributed by atoms with Crippen molar-refractivity contribution >= 4 is 21.7 Å². The van der Waals surface area contributed by atoms with Crippen LogP contribution in [-0.2, 0) is 6.54 Å². The number of ether oxygens (including phenoxy) is 1. The highest BCUT2D eigenvalue weighted by Crippen LogP contribution is 2.24. The van der Waals surface area contributed by atoms with Crippen LogP contribution in [-0.4, -0.2) is 24.1 Å². The first-order valence-electron chi connectivity index (χ1n) is 6.88. The molecule has 0 saturated heterocycles. The van der Waals surface area contributed by atoms with Crippen LogP contribution in [0, 0.1) is 0 Å². The van der Waals surface area contributed by atoms with Gasteiger partial charge >= 0.3 is 0 Å². The van der Waals surface area contributed by atoms with Crippen molar-refractivity contribution in [1.29, 1.82) is 0 Å². The highest BCUT2D eigenvalue weighted by Gasteiger charge is 2.12. The van der Waals surface area contributed by atoms with Crippen LogP contribution in [0.5, 0.6) is 5.75 Å². The fourth-order valence-electron chi connectivity index (χ4n) is 2.05. The smallest absolute Gasteiger partial charge is 0.134 e. The first-order chi connectivity index (χ1) is 10.0. The molecule has 0 atom stereocenters. The van der Waals surface area contributed by atoms with Gasteiger partial charge in [-0.1, -0.05) is 32.0 Å². The van der Waals surface area contributed by atoms with Crippen LogP contribution in [0.4, 0.5) is 5.82 Å². The number of hydrogen-bond acceptors (Lipinski definition) is 4. The monoisotopic (exact) mass is 349 g/mol. The Morgan fingerprint density at radius 2 is 1.95 bits per heavy atom. The van der Waals surface area contributed by atoms with E-state index in [9.17, 15) is 0 Å². The van der Waals surface area contributed by atoms with Crippen LogP contribution in [0.2, 0.25) is 0 Å². The second-order valence-corrected chi connectivity index (χ2v) is 6.04. The summed E-state index contributed by atoms with van der Waals surface area (Å²) >= 11 is 3.46. The Morgan fingerprint density at radius 3 is 2.62 bits per heavy atom. The van der Waals surface area contributed by atoms with Crippen molar-refractivity contribution in [3.63, 3.8) is 0 Å². The van der Waals surface area contributed by atoms with Crippen LogP contribution in [0.25, 0.3) is 0 Å². The molecule has 1 aromatic heterocycles. The fourth-order valence-corrected chi connectivity index (χ4v) is 2.43. The predicted octanol–water partition coefficient (Wildman–Crippen LogP) is 4.01. The number of para-hydroxylation sites is 1. The van der Waals surface area contributed by atoms with Crippen LogP contribution in [0.3, 0.4) is 0 Å². The van der Waals surface area contributed by atoms with Gasteiger partial charge in [-0.15, -0.1) is 0 Å². The molecular formula is C16H20BrN3O. The summed E-state index contributed by atoms with van der Waals surface area (Å²) in [6.07, 6.45) is 0. The normalized spacial score (nSPS) is 10.8. The van der Waals surface area contributed by atoms with Gasteiger partial charge in [0, 0.05) is 31.1 Å². The number of benzene rings is 1. The number of halogens is 1. The molecule has 0 aliphatic rings. The van der Waals surface area contributed by atoms with E-state index in [-0.39, 0.29) is 0 Å². The maximum Gasteiger partial charge on any atom is 0.134 e. The molecule has 1 aromatic carbocycles. The van der Waals surface area contributed by atoms with Crippen LogP contribution in [0.15, 0.2) is 34.9 Å². The molecule has 0 saturated carbocycles. The molecule has 0 aliphatic carbocycles. The third-order valence-corrected chi connectivity index (χ3v) is 3.61. The average molecular weight is 350 g/mol. The van der Waals surface area contributed by atoms with E-state index in [0.29, 0.717) is 5.92 Å². The average Bonchev–Trinajstić information content (AvgIpc) is 2.47. The van der Waals surface area contributed by atoms with Gasteiger partial charge in [0.2, 0.25) is 0 Å². The lowest BCUT2D eigenvalue weighted by molar-refractivity contribution is 0.409. The van der Waals surface area contributed by atoms with Gasteiger partial charge in [0.15, 0.2) is 0 Å². The molecular weight excluding hydrogens is 330 g/mol. The Kier molecular flexibility index (Phi) is 5.17. The number of aromatic nitrogens is 2. The van der Waals surface area contributed by atoms with Gasteiger partial charge < -0.3 is 9.64 Å². The van der Waals surface area contributed by atoms with Gasteiger partial charge in [-0.05, 0) is 22.0 Å². The van der Waals surface area contributed by atoms with Crippen molar-refractivity contribution in [2.45, 2.75) is 26.3 Å². The van der Waals surface area contributed by atoms with Gasteiger partial charge in [0.05, 0.1) is 7.11 Å². The number of anilines is 1. The minimum Gasteiger partial charge on any atom is -0.496 e. The van der Waals surface area contributed by atoms with Crippen molar-refractivity contribution < 1.29 is 4.74 Å². The molecule has 0 N–H and O–H groups in total. The highest BCUT2D eigenvalue weighted by atomic mass is 79.9. The van der Waals surface area contributed by atoms with E-state index in [1.54, 1.807) is 7.11 Å². The quantitative estimate of drug-likeness (QED) is 0.764. The molecule has 0 bridgehead atoms. The summed E-state index contributed by atoms with van der Waals surface area (Å²) < 4.78 is 6.21. The summed E-state index contributed by atoms with van der Waals surface area (Å²) in [5.74, 6) is 2.92. The van der Waals surface area contributed by atoms with Gasteiger partial charge in [0.1, 0.15) is 22.0 Å². The lowest BCUT2D eigenvalue weighted by Crippen LogP contribution is -2.19. The Labute approximate surface area is 134 Å². The van der Waals surface area contributed by atoms with Crippen molar-refractivity contribution in [2.75, 3.05) is 19.1 Å². The molecule has 4 nitrogen and oxygen atoms in total. The molecule has 0 fully saturated rings. The van der Waals surface area contributed by atoms with Gasteiger partial charge in [-0.2, -0.15) is 0 Å². The number of methoxy groups -OCH3 is 1. The predicted molar refractivity (Wildman–Crippen MR) is 88.9 cm³/mol. The summed E-state index contributed by atoms with van der Waals surface area (Å²) in [6.45, 7) is 4.91. The molecule has 21 heavy (non-hydrogen) atoms. The van der Waals surface area contributed by atoms with Crippen molar-refractivity contribution in [1.82, 2.24) is 9.97 Å². The fraction of sp³-hybridized carbons (Fsp3) is 0.375. The van der Waals surface area contributed by atoms with Gasteiger partial charge in [-0.3, -0.25) is 0 Å². The molecule has 0 radical (unpaired) electrons. The maximum absolute atomic E-state index is 5.40. The number of hydrogen-bond donors (Lipinski definition) is 0. The maximum atomic E-state index is 5.40. The van der Waals surface area contributed by atoms with E-state index in [4.69, 9.17) is 4.74 Å². The lowest BCUT2D eigenvalue weighted by Gasteiger charge is -2.20. The Morgan fingerprint density at radius 1 is 1.24 bits per heavy atom. The van der Waals surface area contributed by atoms with Crippen LogP contribution in [0.1, 0.15) is 31.2 Å². The summed E-state index contributed by atoms with van der Waals surface area (Å²) in [4.78, 5) is 11.1. The Balaban J connectivity index is 2.26. The van der Waals surface area contributed by atoms with Crippen molar-refractivity contribution in [2.24, 2.45) is 0 Å². The summed E-state index contributed by atoms with van der Waals surface area (Å²) in [5.41, 5.74) is 1.13. The second-order valence-electron chi connectivity index (χ2n) is 5.23. The molecule has 112 valence electrons. The van der Waals surface area contributed by atoms with E-state index in [1.807, 2.05) is 31.3 Å². The first-order valence-corrected chi connectivity index (χ1v) is 7.68. The highest BCUT2D eigenvalue weighted by molar-refractivity contribution is 9.10. The molecule has 0 unspecified atom stereocenters. The van der Waals surface area contributed by atoms with Crippen LogP contribution >= 0.6 is 15.9 Å². The topological polar surface area (TPSA) is 38.2 Å². The largest absolute Gasteiger partial charge is 0.496 e. The Bertz CT molecular complexity index is 616. The SMILES string of the molecule is COc1ccccc1CN(C)c1cc(Br)nc(C(C)C)n1. The summed E-state index contributed by atoms with van der Waals surface area (Å²) in [5, 5.41) is 0. The van der Waals surface area contributed by atoms with Crippen molar-refractivity contribution in [3.05, 3.63) is 46.3 Å². The third kappa shape index (κ3) is 3.94. The molecule has 0 aliphatic heterocycles. The van der Waals surface area contributed by atoms with E-state index in [1.165, 1.54) is 0 Å². The number of rotatable bonds is 5. The molecule has 2 rings (SSSR count). The molecule has 2 aromatic rings. The standard InChI is InChI=1S/C16H20BrN3O/c1-11(2)16-18-14(17)9-15(19-16)20(3)10-12-7-5-6-8-13(12)21-4/h5-9,11H,10H2,1-4H3. The van der Waals surface area contributed by atoms with E-state index in [2.05, 4.69) is 50.7 Å². The molecule has 1 heterocycles. The zero-order valence-corrected chi connectivity index (χ0v) is 14.4. The van der Waals surface area contributed by atoms with Crippen LogP contribution < -0.4 is 9.64 Å². The third-order valence-electron chi connectivity index (χ3n) is 3.21. The van der Waals surface area contributed by atoms with Crippen molar-refractivity contribution in [3.8, 4) is 5.75 Å². The zero-order chi connectivity index (χ0) is 15.4. The Hall–Kier alpha value is -1.62. The molecule has 0 spiro atoms. The lowest BCUT2D eigenvalue weighted by atomic mass is 10.2. The van der Waals surface area contributed by atoms with E-state index in [0.717, 1.165) is 34.1 Å². The molecule has 5 heteroatoms. The van der Waals surface area contributed by atoms with E-state index < -0.39 is 0 Å². The van der Waals surface area contributed by atoms with E-state index >= 15 is 0 Å². The minimum atomic E-state index is 0.293. The van der Waals surface area contributed by atoms with Gasteiger partial charge in [-0.25, -0.2) is 9.97 Å². The molecule has 0 amide bonds. The zero-order valence-electron chi connectivity index (χ0n) is 12.8. The summed E-state index contributed by atoms with van der Waals surface area (Å²) in [6, 6.07) is 9.95. The minimum absolute atomic E-state index is 0.293. The first kappa shape index (κ1) is 15.8. The second kappa shape index (κ2) is 6.89. The summed E-state index contributed by atoms with van der Waals surface area (Å²) in [7, 11) is 3.71.